The van der Waals surface area contributed by atoms with Crippen LogP contribution >= 0.6 is 11.6 Å². The van der Waals surface area contributed by atoms with Crippen molar-refractivity contribution in [1.82, 2.24) is 9.80 Å². The van der Waals surface area contributed by atoms with Crippen molar-refractivity contribution < 1.29 is 9.53 Å². The van der Waals surface area contributed by atoms with E-state index >= 15 is 0 Å². The standard InChI is InChI=1S/C20H23ClN2O2/c1-15-18(4-3-5-19(15)25-2)20(24)23-12-10-22(11-13-23)14-16-6-8-17(21)9-7-16/h3-9H,10-14H2,1-2H3. The molecule has 1 aliphatic rings. The largest absolute Gasteiger partial charge is 0.496 e. The van der Waals surface area contributed by atoms with E-state index in [1.807, 2.05) is 42.2 Å². The third kappa shape index (κ3) is 4.14. The van der Waals surface area contributed by atoms with Gasteiger partial charge in [-0.1, -0.05) is 29.8 Å². The van der Waals surface area contributed by atoms with E-state index in [1.54, 1.807) is 7.11 Å². The number of ether oxygens (including phenoxy) is 1. The van der Waals surface area contributed by atoms with Gasteiger partial charge in [-0.05, 0) is 36.8 Å². The van der Waals surface area contributed by atoms with Crippen LogP contribution in [0.2, 0.25) is 5.02 Å². The molecule has 132 valence electrons. The first-order valence-corrected chi connectivity index (χ1v) is 8.86. The molecular weight excluding hydrogens is 336 g/mol. The number of carbonyl (C=O) groups is 1. The third-order valence-electron chi connectivity index (χ3n) is 4.71. The molecule has 2 aromatic carbocycles. The second-order valence-corrected chi connectivity index (χ2v) is 6.76. The summed E-state index contributed by atoms with van der Waals surface area (Å²) in [5.74, 6) is 0.842. The lowest BCUT2D eigenvalue weighted by Gasteiger charge is -2.35. The molecule has 0 bridgehead atoms. The fraction of sp³-hybridized carbons (Fsp3) is 0.350. The molecule has 1 amide bonds. The number of hydrogen-bond acceptors (Lipinski definition) is 3. The first-order chi connectivity index (χ1) is 12.1. The van der Waals surface area contributed by atoms with Crippen LogP contribution in [-0.4, -0.2) is 49.0 Å². The van der Waals surface area contributed by atoms with E-state index in [4.69, 9.17) is 16.3 Å². The maximum absolute atomic E-state index is 12.8. The maximum atomic E-state index is 12.8. The predicted molar refractivity (Wildman–Crippen MR) is 100 cm³/mol. The van der Waals surface area contributed by atoms with Crippen LogP contribution in [0.15, 0.2) is 42.5 Å². The predicted octanol–water partition coefficient (Wildman–Crippen LogP) is 3.62. The van der Waals surface area contributed by atoms with Crippen LogP contribution < -0.4 is 4.74 Å². The summed E-state index contributed by atoms with van der Waals surface area (Å²) in [7, 11) is 1.63. The summed E-state index contributed by atoms with van der Waals surface area (Å²) < 4.78 is 5.33. The number of halogens is 1. The number of rotatable bonds is 4. The highest BCUT2D eigenvalue weighted by molar-refractivity contribution is 6.30. The summed E-state index contributed by atoms with van der Waals surface area (Å²) in [6.45, 7) is 6.04. The number of methoxy groups -OCH3 is 1. The molecule has 0 atom stereocenters. The lowest BCUT2D eigenvalue weighted by Crippen LogP contribution is -2.48. The Morgan fingerprint density at radius 2 is 1.76 bits per heavy atom. The van der Waals surface area contributed by atoms with Crippen molar-refractivity contribution in [2.45, 2.75) is 13.5 Å². The quantitative estimate of drug-likeness (QED) is 0.837. The van der Waals surface area contributed by atoms with Gasteiger partial charge in [0.25, 0.3) is 5.91 Å². The first kappa shape index (κ1) is 17.8. The van der Waals surface area contributed by atoms with Crippen LogP contribution in [0.1, 0.15) is 21.5 Å². The average Bonchev–Trinajstić information content (AvgIpc) is 2.64. The molecule has 0 aromatic heterocycles. The van der Waals surface area contributed by atoms with Gasteiger partial charge in [0.05, 0.1) is 7.11 Å². The molecule has 1 aliphatic heterocycles. The van der Waals surface area contributed by atoms with Crippen molar-refractivity contribution in [3.63, 3.8) is 0 Å². The number of nitrogens with zero attached hydrogens (tertiary/aromatic N) is 2. The molecule has 0 aliphatic carbocycles. The molecule has 2 aromatic rings. The van der Waals surface area contributed by atoms with Crippen LogP contribution in [-0.2, 0) is 6.54 Å². The van der Waals surface area contributed by atoms with Gasteiger partial charge in [-0.15, -0.1) is 0 Å². The third-order valence-corrected chi connectivity index (χ3v) is 4.97. The van der Waals surface area contributed by atoms with Gasteiger partial charge in [0.1, 0.15) is 5.75 Å². The summed E-state index contributed by atoms with van der Waals surface area (Å²) in [6, 6.07) is 13.6. The minimum Gasteiger partial charge on any atom is -0.496 e. The molecule has 0 radical (unpaired) electrons. The lowest BCUT2D eigenvalue weighted by molar-refractivity contribution is 0.0627. The summed E-state index contributed by atoms with van der Waals surface area (Å²) >= 11 is 5.93. The van der Waals surface area contributed by atoms with E-state index < -0.39 is 0 Å². The Kier molecular flexibility index (Phi) is 5.61. The second-order valence-electron chi connectivity index (χ2n) is 6.33. The smallest absolute Gasteiger partial charge is 0.254 e. The molecule has 0 unspecified atom stereocenters. The number of piperazine rings is 1. The zero-order chi connectivity index (χ0) is 17.8. The average molecular weight is 359 g/mol. The Morgan fingerprint density at radius 3 is 2.40 bits per heavy atom. The zero-order valence-electron chi connectivity index (χ0n) is 14.7. The van der Waals surface area contributed by atoms with Gasteiger partial charge in [0.15, 0.2) is 0 Å². The Bertz CT molecular complexity index is 738. The van der Waals surface area contributed by atoms with Gasteiger partial charge in [0, 0.05) is 48.9 Å². The van der Waals surface area contributed by atoms with Crippen LogP contribution in [0, 0.1) is 6.92 Å². The highest BCUT2D eigenvalue weighted by Gasteiger charge is 2.23. The molecule has 1 fully saturated rings. The summed E-state index contributed by atoms with van der Waals surface area (Å²) in [6.07, 6.45) is 0. The maximum Gasteiger partial charge on any atom is 0.254 e. The van der Waals surface area contributed by atoms with Gasteiger partial charge in [-0.3, -0.25) is 9.69 Å². The van der Waals surface area contributed by atoms with Crippen LogP contribution in [0.4, 0.5) is 0 Å². The van der Waals surface area contributed by atoms with Crippen molar-refractivity contribution in [2.24, 2.45) is 0 Å². The molecule has 5 heteroatoms. The Morgan fingerprint density at radius 1 is 1.08 bits per heavy atom. The fourth-order valence-corrected chi connectivity index (χ4v) is 3.32. The highest BCUT2D eigenvalue weighted by Crippen LogP contribution is 2.23. The molecule has 3 rings (SSSR count). The monoisotopic (exact) mass is 358 g/mol. The second kappa shape index (κ2) is 7.89. The van der Waals surface area contributed by atoms with Crippen molar-refractivity contribution in [3.8, 4) is 5.75 Å². The number of benzene rings is 2. The topological polar surface area (TPSA) is 32.8 Å². The lowest BCUT2D eigenvalue weighted by atomic mass is 10.1. The molecule has 25 heavy (non-hydrogen) atoms. The van der Waals surface area contributed by atoms with Gasteiger partial charge >= 0.3 is 0 Å². The number of carbonyl (C=O) groups excluding carboxylic acids is 1. The van der Waals surface area contributed by atoms with E-state index in [0.29, 0.717) is 0 Å². The van der Waals surface area contributed by atoms with Crippen LogP contribution in [0.3, 0.4) is 0 Å². The molecule has 0 saturated carbocycles. The van der Waals surface area contributed by atoms with Crippen LogP contribution in [0.25, 0.3) is 0 Å². The van der Waals surface area contributed by atoms with E-state index in [2.05, 4.69) is 17.0 Å². The van der Waals surface area contributed by atoms with Crippen molar-refractivity contribution in [3.05, 3.63) is 64.2 Å². The highest BCUT2D eigenvalue weighted by atomic mass is 35.5. The van der Waals surface area contributed by atoms with E-state index in [-0.39, 0.29) is 5.91 Å². The number of amides is 1. The molecule has 4 nitrogen and oxygen atoms in total. The van der Waals surface area contributed by atoms with Gasteiger partial charge in [0.2, 0.25) is 0 Å². The first-order valence-electron chi connectivity index (χ1n) is 8.48. The van der Waals surface area contributed by atoms with Crippen molar-refractivity contribution in [1.29, 1.82) is 0 Å². The Balaban J connectivity index is 1.60. The van der Waals surface area contributed by atoms with Gasteiger partial charge in [-0.2, -0.15) is 0 Å². The SMILES string of the molecule is COc1cccc(C(=O)N2CCN(Cc3ccc(Cl)cc3)CC2)c1C. The molecular formula is C20H23ClN2O2. The molecule has 0 spiro atoms. The summed E-state index contributed by atoms with van der Waals surface area (Å²) in [5.41, 5.74) is 2.87. The van der Waals surface area contributed by atoms with E-state index in [9.17, 15) is 4.79 Å². The summed E-state index contributed by atoms with van der Waals surface area (Å²) in [5, 5.41) is 0.757. The minimum absolute atomic E-state index is 0.0857. The van der Waals surface area contributed by atoms with Crippen LogP contribution in [0.5, 0.6) is 5.75 Å². The summed E-state index contributed by atoms with van der Waals surface area (Å²) in [4.78, 5) is 17.1. The zero-order valence-corrected chi connectivity index (χ0v) is 15.4. The van der Waals surface area contributed by atoms with E-state index in [0.717, 1.165) is 54.6 Å². The molecule has 1 saturated heterocycles. The van der Waals surface area contributed by atoms with Gasteiger partial charge < -0.3 is 9.64 Å². The van der Waals surface area contributed by atoms with Crippen molar-refractivity contribution in [2.75, 3.05) is 33.3 Å². The minimum atomic E-state index is 0.0857. The Hall–Kier alpha value is -2.04. The number of hydrogen-bond donors (Lipinski definition) is 0. The Labute approximate surface area is 154 Å². The molecule has 1 heterocycles. The molecule has 0 N–H and O–H groups in total. The van der Waals surface area contributed by atoms with Gasteiger partial charge in [-0.25, -0.2) is 0 Å². The van der Waals surface area contributed by atoms with E-state index in [1.165, 1.54) is 5.56 Å². The fourth-order valence-electron chi connectivity index (χ4n) is 3.19. The van der Waals surface area contributed by atoms with Crippen molar-refractivity contribution >= 4 is 17.5 Å². The normalized spacial score (nSPS) is 15.2.